The van der Waals surface area contributed by atoms with Gasteiger partial charge in [-0.2, -0.15) is 0 Å². The summed E-state index contributed by atoms with van der Waals surface area (Å²) in [5.74, 6) is 0.355. The Balaban J connectivity index is 2.16. The van der Waals surface area contributed by atoms with Crippen molar-refractivity contribution in [1.29, 1.82) is 0 Å². The molecule has 21 heavy (non-hydrogen) atoms. The van der Waals surface area contributed by atoms with E-state index in [4.69, 9.17) is 5.73 Å². The van der Waals surface area contributed by atoms with Crippen LogP contribution in [0.2, 0.25) is 0 Å². The highest BCUT2D eigenvalue weighted by molar-refractivity contribution is 7.90. The van der Waals surface area contributed by atoms with Crippen molar-refractivity contribution in [2.24, 2.45) is 11.7 Å². The quantitative estimate of drug-likeness (QED) is 0.908. The fraction of sp³-hybridized carbons (Fsp3) is 0.533. The molecule has 5 nitrogen and oxygen atoms in total. The highest BCUT2D eigenvalue weighted by Gasteiger charge is 2.24. The zero-order chi connectivity index (χ0) is 15.5. The highest BCUT2D eigenvalue weighted by atomic mass is 32.2. The van der Waals surface area contributed by atoms with Crippen LogP contribution in [0.5, 0.6) is 0 Å². The summed E-state index contributed by atoms with van der Waals surface area (Å²) in [6, 6.07) is 6.26. The molecule has 2 N–H and O–H groups in total. The molecule has 1 aromatic carbocycles. The van der Waals surface area contributed by atoms with E-state index < -0.39 is 9.84 Å². The number of rotatable bonds is 4. The van der Waals surface area contributed by atoms with Gasteiger partial charge in [-0.05, 0) is 49.9 Å². The lowest BCUT2D eigenvalue weighted by atomic mass is 9.94. The second-order valence-electron chi connectivity index (χ2n) is 5.64. The Labute approximate surface area is 126 Å². The minimum absolute atomic E-state index is 0.0952. The van der Waals surface area contributed by atoms with Crippen LogP contribution >= 0.6 is 0 Å². The SMILES string of the molecule is CS(=O)(=O)c1cccc(C(=O)N2CCCC(CCN)C2)c1. The van der Waals surface area contributed by atoms with Crippen LogP contribution in [0.1, 0.15) is 29.6 Å². The molecule has 1 atom stereocenters. The first-order valence-corrected chi connectivity index (χ1v) is 9.10. The van der Waals surface area contributed by atoms with E-state index in [9.17, 15) is 13.2 Å². The van der Waals surface area contributed by atoms with Gasteiger partial charge >= 0.3 is 0 Å². The molecule has 0 saturated carbocycles. The van der Waals surface area contributed by atoms with Crippen LogP contribution in [0.25, 0.3) is 0 Å². The molecule has 0 radical (unpaired) electrons. The summed E-state index contributed by atoms with van der Waals surface area (Å²) < 4.78 is 23.2. The number of hydrogen-bond donors (Lipinski definition) is 1. The van der Waals surface area contributed by atoms with Crippen LogP contribution in [-0.4, -0.2) is 45.1 Å². The fourth-order valence-corrected chi connectivity index (χ4v) is 3.43. The van der Waals surface area contributed by atoms with Crippen molar-refractivity contribution in [2.75, 3.05) is 25.9 Å². The van der Waals surface area contributed by atoms with E-state index in [2.05, 4.69) is 0 Å². The lowest BCUT2D eigenvalue weighted by Gasteiger charge is -2.32. The maximum absolute atomic E-state index is 12.5. The lowest BCUT2D eigenvalue weighted by Crippen LogP contribution is -2.40. The zero-order valence-corrected chi connectivity index (χ0v) is 13.1. The molecule has 1 aromatic rings. The van der Waals surface area contributed by atoms with Crippen molar-refractivity contribution >= 4 is 15.7 Å². The van der Waals surface area contributed by atoms with Gasteiger partial charge in [0.2, 0.25) is 0 Å². The Bertz CT molecular complexity index is 611. The minimum Gasteiger partial charge on any atom is -0.338 e. The number of carbonyl (C=O) groups is 1. The van der Waals surface area contributed by atoms with Gasteiger partial charge in [-0.25, -0.2) is 8.42 Å². The average molecular weight is 310 g/mol. The van der Waals surface area contributed by atoms with Crippen molar-refractivity contribution in [1.82, 2.24) is 4.90 Å². The van der Waals surface area contributed by atoms with Crippen molar-refractivity contribution in [3.63, 3.8) is 0 Å². The lowest BCUT2D eigenvalue weighted by molar-refractivity contribution is 0.0669. The van der Waals surface area contributed by atoms with E-state index in [1.165, 1.54) is 12.1 Å². The first kappa shape index (κ1) is 16.0. The molecule has 6 heteroatoms. The maximum atomic E-state index is 12.5. The van der Waals surface area contributed by atoms with Crippen molar-refractivity contribution in [2.45, 2.75) is 24.2 Å². The Hall–Kier alpha value is -1.40. The van der Waals surface area contributed by atoms with Crippen LogP contribution in [0.3, 0.4) is 0 Å². The first-order valence-electron chi connectivity index (χ1n) is 7.21. The van der Waals surface area contributed by atoms with Gasteiger partial charge < -0.3 is 10.6 Å². The summed E-state index contributed by atoms with van der Waals surface area (Å²) in [4.78, 5) is 14.5. The molecule has 116 valence electrons. The largest absolute Gasteiger partial charge is 0.338 e. The molecule has 1 aliphatic heterocycles. The summed E-state index contributed by atoms with van der Waals surface area (Å²) >= 11 is 0. The number of nitrogens with zero attached hydrogens (tertiary/aromatic N) is 1. The normalized spacial score (nSPS) is 19.5. The number of likely N-dealkylation sites (tertiary alicyclic amines) is 1. The number of sulfone groups is 1. The van der Waals surface area contributed by atoms with E-state index in [1.807, 2.05) is 4.90 Å². The molecule has 1 heterocycles. The number of amides is 1. The second-order valence-corrected chi connectivity index (χ2v) is 7.65. The minimum atomic E-state index is -3.30. The average Bonchev–Trinajstić information content (AvgIpc) is 2.46. The molecule has 1 unspecified atom stereocenters. The molecule has 0 aromatic heterocycles. The second kappa shape index (κ2) is 6.58. The van der Waals surface area contributed by atoms with Crippen molar-refractivity contribution < 1.29 is 13.2 Å². The van der Waals surface area contributed by atoms with Gasteiger partial charge in [0.05, 0.1) is 4.90 Å². The van der Waals surface area contributed by atoms with Gasteiger partial charge in [-0.3, -0.25) is 4.79 Å². The summed E-state index contributed by atoms with van der Waals surface area (Å²) in [7, 11) is -3.30. The van der Waals surface area contributed by atoms with E-state index >= 15 is 0 Å². The van der Waals surface area contributed by atoms with Gasteiger partial charge in [-0.1, -0.05) is 6.07 Å². The topological polar surface area (TPSA) is 80.5 Å². The molecule has 2 rings (SSSR count). The summed E-state index contributed by atoms with van der Waals surface area (Å²) in [6.07, 6.45) is 4.15. The smallest absolute Gasteiger partial charge is 0.253 e. The molecule has 0 aliphatic carbocycles. The van der Waals surface area contributed by atoms with Crippen LogP contribution in [0, 0.1) is 5.92 Å². The molecular weight excluding hydrogens is 288 g/mol. The van der Waals surface area contributed by atoms with Gasteiger partial charge in [-0.15, -0.1) is 0 Å². The molecular formula is C15H22N2O3S. The van der Waals surface area contributed by atoms with Gasteiger partial charge in [0, 0.05) is 24.9 Å². The number of hydrogen-bond acceptors (Lipinski definition) is 4. The number of carbonyl (C=O) groups excluding carboxylic acids is 1. The van der Waals surface area contributed by atoms with Crippen molar-refractivity contribution in [3.8, 4) is 0 Å². The number of piperidine rings is 1. The van der Waals surface area contributed by atoms with Crippen LogP contribution < -0.4 is 5.73 Å². The predicted molar refractivity (Wildman–Crippen MR) is 81.9 cm³/mol. The third kappa shape index (κ3) is 4.04. The predicted octanol–water partition coefficient (Wildman–Crippen LogP) is 1.29. The number of nitrogens with two attached hydrogens (primary N) is 1. The molecule has 0 bridgehead atoms. The van der Waals surface area contributed by atoms with Gasteiger partial charge in [0.1, 0.15) is 0 Å². The Morgan fingerprint density at radius 2 is 2.19 bits per heavy atom. The fourth-order valence-electron chi connectivity index (χ4n) is 2.76. The standard InChI is InChI=1S/C15H22N2O3S/c1-21(19,20)14-6-2-5-13(10-14)15(18)17-9-3-4-12(11-17)7-8-16/h2,5-6,10,12H,3-4,7-9,11,16H2,1H3. The third-order valence-corrected chi connectivity index (χ3v) is 5.00. The molecule has 1 amide bonds. The Morgan fingerprint density at radius 3 is 2.86 bits per heavy atom. The molecule has 1 fully saturated rings. The summed E-state index contributed by atoms with van der Waals surface area (Å²) in [5.41, 5.74) is 6.03. The molecule has 1 saturated heterocycles. The molecule has 1 aliphatic rings. The Morgan fingerprint density at radius 1 is 1.43 bits per heavy atom. The summed E-state index contributed by atoms with van der Waals surface area (Å²) in [6.45, 7) is 2.07. The van der Waals surface area contributed by atoms with E-state index in [-0.39, 0.29) is 10.8 Å². The third-order valence-electron chi connectivity index (χ3n) is 3.89. The van der Waals surface area contributed by atoms with Gasteiger partial charge in [0.15, 0.2) is 9.84 Å². The monoisotopic (exact) mass is 310 g/mol. The molecule has 0 spiro atoms. The summed E-state index contributed by atoms with van der Waals surface area (Å²) in [5, 5.41) is 0. The zero-order valence-electron chi connectivity index (χ0n) is 12.3. The Kier molecular flexibility index (Phi) is 5.00. The van der Waals surface area contributed by atoms with Gasteiger partial charge in [0.25, 0.3) is 5.91 Å². The van der Waals surface area contributed by atoms with E-state index in [0.717, 1.165) is 32.1 Å². The van der Waals surface area contributed by atoms with E-state index in [1.54, 1.807) is 12.1 Å². The highest BCUT2D eigenvalue weighted by Crippen LogP contribution is 2.21. The van der Waals surface area contributed by atoms with Crippen LogP contribution in [0.4, 0.5) is 0 Å². The first-order chi connectivity index (χ1) is 9.91. The van der Waals surface area contributed by atoms with E-state index in [0.29, 0.717) is 24.6 Å². The van der Waals surface area contributed by atoms with Crippen LogP contribution in [0.15, 0.2) is 29.2 Å². The number of benzene rings is 1. The maximum Gasteiger partial charge on any atom is 0.253 e. The van der Waals surface area contributed by atoms with Crippen LogP contribution in [-0.2, 0) is 9.84 Å². The van der Waals surface area contributed by atoms with Crippen molar-refractivity contribution in [3.05, 3.63) is 29.8 Å².